The third-order valence-electron chi connectivity index (χ3n) is 4.65. The fraction of sp³-hybridized carbons (Fsp3) is 0.227. The average Bonchev–Trinajstić information content (AvgIpc) is 3.32. The van der Waals surface area contributed by atoms with Gasteiger partial charge in [0.15, 0.2) is 5.15 Å². The lowest BCUT2D eigenvalue weighted by atomic mass is 10.2. The lowest BCUT2D eigenvalue weighted by Gasteiger charge is -2.13. The summed E-state index contributed by atoms with van der Waals surface area (Å²) < 4.78 is 42.6. The van der Waals surface area contributed by atoms with Crippen LogP contribution in [0.3, 0.4) is 0 Å². The highest BCUT2D eigenvalue weighted by Gasteiger charge is 2.21. The number of carbonyl (C=O) groups excluding carboxylic acids is 1. The van der Waals surface area contributed by atoms with E-state index in [-0.39, 0.29) is 23.0 Å². The smallest absolute Gasteiger partial charge is 0.281 e. The Morgan fingerprint density at radius 3 is 2.48 bits per heavy atom. The number of benzene rings is 1. The van der Waals surface area contributed by atoms with Crippen molar-refractivity contribution in [3.8, 4) is 0 Å². The number of hydrogen-bond donors (Lipinski definition) is 2. The van der Waals surface area contributed by atoms with Crippen molar-refractivity contribution in [2.45, 2.75) is 32.5 Å². The molecule has 3 heterocycles. The molecule has 7 nitrogen and oxygen atoms in total. The third-order valence-corrected chi connectivity index (χ3v) is 4.93. The van der Waals surface area contributed by atoms with Crippen molar-refractivity contribution in [2.24, 2.45) is 0 Å². The summed E-state index contributed by atoms with van der Waals surface area (Å²) in [6.07, 6.45) is 0.0175. The van der Waals surface area contributed by atoms with Crippen molar-refractivity contribution in [3.05, 3.63) is 71.3 Å². The largest absolute Gasteiger partial charge is 0.341 e. The van der Waals surface area contributed by atoms with Gasteiger partial charge in [-0.3, -0.25) is 13.9 Å². The van der Waals surface area contributed by atoms with Gasteiger partial charge in [0.25, 0.3) is 12.3 Å². The van der Waals surface area contributed by atoms with Crippen LogP contribution in [0.5, 0.6) is 0 Å². The predicted octanol–water partition coefficient (Wildman–Crippen LogP) is 5.87. The minimum absolute atomic E-state index is 0.0216. The average molecular weight is 477 g/mol. The van der Waals surface area contributed by atoms with Gasteiger partial charge < -0.3 is 10.6 Å². The number of nitrogens with zero attached hydrogens (tertiary/aromatic N) is 4. The summed E-state index contributed by atoms with van der Waals surface area (Å²) in [6, 6.07) is 11.9. The van der Waals surface area contributed by atoms with Crippen molar-refractivity contribution in [3.63, 3.8) is 0 Å². The first-order valence-corrected chi connectivity index (χ1v) is 10.3. The van der Waals surface area contributed by atoms with Crippen LogP contribution in [-0.4, -0.2) is 30.7 Å². The van der Waals surface area contributed by atoms with E-state index >= 15 is 0 Å². The van der Waals surface area contributed by atoms with Crippen LogP contribution in [0, 0.1) is 0 Å². The molecule has 0 bridgehead atoms. The Morgan fingerprint density at radius 1 is 1.12 bits per heavy atom. The molecule has 0 atom stereocenters. The minimum Gasteiger partial charge on any atom is -0.341 e. The summed E-state index contributed by atoms with van der Waals surface area (Å²) in [4.78, 5) is 16.5. The number of amides is 1. The van der Waals surface area contributed by atoms with E-state index in [4.69, 9.17) is 11.6 Å². The quantitative estimate of drug-likeness (QED) is 0.350. The molecule has 4 rings (SSSR count). The fourth-order valence-corrected chi connectivity index (χ4v) is 3.47. The summed E-state index contributed by atoms with van der Waals surface area (Å²) in [5.74, 6) is 0.0741. The van der Waals surface area contributed by atoms with Gasteiger partial charge in [-0.15, -0.1) is 0 Å². The van der Waals surface area contributed by atoms with E-state index in [1.54, 1.807) is 42.5 Å². The van der Waals surface area contributed by atoms with Gasteiger partial charge in [-0.05, 0) is 50.2 Å². The third kappa shape index (κ3) is 5.28. The number of anilines is 3. The maximum atomic E-state index is 13.8. The van der Waals surface area contributed by atoms with Gasteiger partial charge in [-0.2, -0.15) is 5.10 Å². The number of rotatable bonds is 7. The van der Waals surface area contributed by atoms with Crippen molar-refractivity contribution in [1.29, 1.82) is 0 Å². The Balaban J connectivity index is 1.46. The van der Waals surface area contributed by atoms with Gasteiger partial charge in [-0.1, -0.05) is 17.7 Å². The highest BCUT2D eigenvalue weighted by molar-refractivity contribution is 6.33. The molecule has 0 aliphatic carbocycles. The normalized spacial score (nSPS) is 11.8. The van der Waals surface area contributed by atoms with Crippen LogP contribution in [0.4, 0.5) is 30.4 Å². The molecule has 33 heavy (non-hydrogen) atoms. The highest BCUT2D eigenvalue weighted by Crippen LogP contribution is 2.24. The minimum atomic E-state index is -2.66. The molecule has 4 aromatic rings. The molecule has 11 heteroatoms. The molecule has 0 saturated carbocycles. The van der Waals surface area contributed by atoms with Gasteiger partial charge in [-0.25, -0.2) is 18.2 Å². The number of nitrogens with one attached hydrogen (secondary N) is 2. The lowest BCUT2D eigenvalue weighted by Crippen LogP contribution is -2.21. The van der Waals surface area contributed by atoms with Crippen LogP contribution in [0.25, 0.3) is 5.65 Å². The molecule has 2 N–H and O–H groups in total. The van der Waals surface area contributed by atoms with E-state index in [0.29, 0.717) is 22.8 Å². The van der Waals surface area contributed by atoms with Gasteiger partial charge in [0.2, 0.25) is 0 Å². The standard InChI is InChI=1S/C22H20ClF3N6O/c1-22(2,26)12-31-10-15(19(23)30-31)21(33)28-14-8-6-13(7-9-14)27-17-4-3-5-18-29-16(20(24)25)11-32(17)18/h3-11,20,27H,12H2,1-2H3,(H,28,33). The van der Waals surface area contributed by atoms with Gasteiger partial charge in [0, 0.05) is 23.8 Å². The second-order valence-electron chi connectivity index (χ2n) is 8.01. The summed E-state index contributed by atoms with van der Waals surface area (Å²) in [5, 5.41) is 9.81. The maximum Gasteiger partial charge on any atom is 0.281 e. The van der Waals surface area contributed by atoms with Crippen molar-refractivity contribution >= 4 is 40.3 Å². The van der Waals surface area contributed by atoms with Crippen LogP contribution < -0.4 is 10.6 Å². The Hall–Kier alpha value is -3.53. The SMILES string of the molecule is CC(C)(F)Cn1cc(C(=O)Nc2ccc(Nc3cccc4nc(C(F)F)cn34)cc2)c(Cl)n1. The molecule has 0 fully saturated rings. The van der Waals surface area contributed by atoms with Gasteiger partial charge >= 0.3 is 0 Å². The number of pyridine rings is 1. The Kier molecular flexibility index (Phi) is 6.03. The Labute approximate surface area is 192 Å². The summed E-state index contributed by atoms with van der Waals surface area (Å²) >= 11 is 6.04. The number of aromatic nitrogens is 4. The van der Waals surface area contributed by atoms with E-state index in [1.807, 2.05) is 0 Å². The number of fused-ring (bicyclic) bond motifs is 1. The van der Waals surface area contributed by atoms with Crippen LogP contribution >= 0.6 is 11.6 Å². The zero-order chi connectivity index (χ0) is 23.8. The number of halogens is 4. The summed E-state index contributed by atoms with van der Waals surface area (Å²) in [5.41, 5.74) is -0.115. The monoisotopic (exact) mass is 476 g/mol. The molecular formula is C22H20ClF3N6O. The molecular weight excluding hydrogens is 457 g/mol. The van der Waals surface area contributed by atoms with Crippen LogP contribution in [0.15, 0.2) is 54.9 Å². The van der Waals surface area contributed by atoms with E-state index < -0.39 is 18.0 Å². The molecule has 1 amide bonds. The van der Waals surface area contributed by atoms with Crippen molar-refractivity contribution in [1.82, 2.24) is 19.2 Å². The van der Waals surface area contributed by atoms with Crippen LogP contribution in [-0.2, 0) is 6.54 Å². The highest BCUT2D eigenvalue weighted by atomic mass is 35.5. The zero-order valence-corrected chi connectivity index (χ0v) is 18.4. The molecule has 3 aromatic heterocycles. The molecule has 0 spiro atoms. The predicted molar refractivity (Wildman–Crippen MR) is 120 cm³/mol. The second-order valence-corrected chi connectivity index (χ2v) is 8.37. The molecule has 172 valence electrons. The van der Waals surface area contributed by atoms with Gasteiger partial charge in [0.1, 0.15) is 22.8 Å². The van der Waals surface area contributed by atoms with E-state index in [0.717, 1.165) is 0 Å². The van der Waals surface area contributed by atoms with Crippen LogP contribution in [0.1, 0.15) is 36.3 Å². The second kappa shape index (κ2) is 8.78. The van der Waals surface area contributed by atoms with Gasteiger partial charge in [0.05, 0.1) is 12.1 Å². The molecule has 0 aliphatic rings. The summed E-state index contributed by atoms with van der Waals surface area (Å²) in [7, 11) is 0. The Morgan fingerprint density at radius 2 is 1.82 bits per heavy atom. The van der Waals surface area contributed by atoms with Crippen LogP contribution in [0.2, 0.25) is 5.15 Å². The Bertz CT molecular complexity index is 1290. The molecule has 0 aliphatic heterocycles. The fourth-order valence-electron chi connectivity index (χ4n) is 3.24. The maximum absolute atomic E-state index is 13.8. The number of imidazole rings is 1. The van der Waals surface area contributed by atoms with Crippen molar-refractivity contribution in [2.75, 3.05) is 10.6 Å². The number of alkyl halides is 3. The summed E-state index contributed by atoms with van der Waals surface area (Å²) in [6.45, 7) is 2.77. The molecule has 1 aromatic carbocycles. The first-order valence-electron chi connectivity index (χ1n) is 9.95. The lowest BCUT2D eigenvalue weighted by molar-refractivity contribution is 0.102. The molecule has 0 unspecified atom stereocenters. The number of hydrogen-bond acceptors (Lipinski definition) is 4. The first-order chi connectivity index (χ1) is 15.6. The van der Waals surface area contributed by atoms with E-state index in [9.17, 15) is 18.0 Å². The zero-order valence-electron chi connectivity index (χ0n) is 17.7. The number of carbonyl (C=O) groups is 1. The van der Waals surface area contributed by atoms with E-state index in [2.05, 4.69) is 20.7 Å². The first kappa shape index (κ1) is 22.7. The van der Waals surface area contributed by atoms with E-state index in [1.165, 1.54) is 35.3 Å². The topological polar surface area (TPSA) is 76.2 Å². The molecule has 0 saturated heterocycles. The van der Waals surface area contributed by atoms with Crippen molar-refractivity contribution < 1.29 is 18.0 Å². The molecule has 0 radical (unpaired) electrons.